The van der Waals surface area contributed by atoms with E-state index in [4.69, 9.17) is 11.6 Å². The molecule has 0 aliphatic rings. The predicted molar refractivity (Wildman–Crippen MR) is 87.0 cm³/mol. The van der Waals surface area contributed by atoms with Gasteiger partial charge in [-0.2, -0.15) is 0 Å². The molecule has 0 bridgehead atoms. The van der Waals surface area contributed by atoms with Crippen molar-refractivity contribution in [2.24, 2.45) is 0 Å². The van der Waals surface area contributed by atoms with Gasteiger partial charge in [-0.25, -0.2) is 0 Å². The molecule has 5 heteroatoms. The molecule has 1 aromatic heterocycles. The van der Waals surface area contributed by atoms with E-state index in [0.717, 1.165) is 8.81 Å². The maximum Gasteiger partial charge on any atom is 0.0931 e. The molecule has 2 rings (SSSR count). The summed E-state index contributed by atoms with van der Waals surface area (Å²) in [6.07, 6.45) is 0. The summed E-state index contributed by atoms with van der Waals surface area (Å²) < 4.78 is 3.16. The number of rotatable bonds is 2. The first kappa shape index (κ1) is 13.3. The quantitative estimate of drug-likeness (QED) is 0.343. The van der Waals surface area contributed by atoms with Crippen LogP contribution < -0.4 is 0 Å². The van der Waals surface area contributed by atoms with Gasteiger partial charge >= 0.3 is 0 Å². The smallest absolute Gasteiger partial charge is 0.0931 e. The van der Waals surface area contributed by atoms with E-state index < -0.39 is 0 Å². The van der Waals surface area contributed by atoms with E-state index in [1.807, 2.05) is 12.1 Å². The number of hydrogen-bond donors (Lipinski definition) is 0. The van der Waals surface area contributed by atoms with Gasteiger partial charge in [-0.15, -0.1) is 11.3 Å². The SMILES string of the molecule is Clc1ccc(C(Br)c2cc(Br)ccc2I)s1. The normalized spacial score (nSPS) is 12.8. The Morgan fingerprint density at radius 1 is 1.25 bits per heavy atom. The largest absolute Gasteiger partial charge is 0.127 e. The topological polar surface area (TPSA) is 0 Å². The number of alkyl halides is 1. The second kappa shape index (κ2) is 5.69. The summed E-state index contributed by atoms with van der Waals surface area (Å²) in [5, 5.41) is 0. The molecular formula is C11H6Br2ClIS. The molecule has 0 fully saturated rings. The van der Waals surface area contributed by atoms with Crippen LogP contribution in [0.1, 0.15) is 15.3 Å². The summed E-state index contributed by atoms with van der Waals surface area (Å²) in [5.41, 5.74) is 1.26. The molecule has 0 aliphatic heterocycles. The first-order valence-corrected chi connectivity index (χ1v) is 8.40. The number of halogens is 4. The van der Waals surface area contributed by atoms with E-state index >= 15 is 0 Å². The van der Waals surface area contributed by atoms with Crippen molar-refractivity contribution >= 4 is 77.4 Å². The summed E-state index contributed by atoms with van der Waals surface area (Å²) >= 11 is 17.1. The minimum Gasteiger partial charge on any atom is -0.127 e. The lowest BCUT2D eigenvalue weighted by molar-refractivity contribution is 1.20. The summed E-state index contributed by atoms with van der Waals surface area (Å²) in [6, 6.07) is 10.3. The van der Waals surface area contributed by atoms with E-state index in [2.05, 4.69) is 72.6 Å². The van der Waals surface area contributed by atoms with Crippen molar-refractivity contribution < 1.29 is 0 Å². The van der Waals surface area contributed by atoms with E-state index in [-0.39, 0.29) is 4.83 Å². The first-order valence-electron chi connectivity index (χ1n) is 4.42. The van der Waals surface area contributed by atoms with Gasteiger partial charge < -0.3 is 0 Å². The van der Waals surface area contributed by atoms with E-state index in [0.29, 0.717) is 0 Å². The Hall–Kier alpha value is 0.900. The second-order valence-corrected chi connectivity index (χ2v) is 7.91. The van der Waals surface area contributed by atoms with Crippen molar-refractivity contribution in [3.05, 3.63) is 53.2 Å². The third-order valence-electron chi connectivity index (χ3n) is 2.07. The van der Waals surface area contributed by atoms with Gasteiger partial charge in [0.25, 0.3) is 0 Å². The van der Waals surface area contributed by atoms with Crippen LogP contribution in [-0.2, 0) is 0 Å². The molecule has 0 amide bonds. The Morgan fingerprint density at radius 3 is 2.62 bits per heavy atom. The van der Waals surface area contributed by atoms with Crippen LogP contribution in [0.25, 0.3) is 0 Å². The van der Waals surface area contributed by atoms with Crippen molar-refractivity contribution in [1.29, 1.82) is 0 Å². The average Bonchev–Trinajstić information content (AvgIpc) is 2.67. The van der Waals surface area contributed by atoms with Gasteiger partial charge in [0.1, 0.15) is 0 Å². The molecule has 2 aromatic rings. The van der Waals surface area contributed by atoms with Gasteiger partial charge in [0.05, 0.1) is 9.16 Å². The zero-order valence-electron chi connectivity index (χ0n) is 7.88. The van der Waals surface area contributed by atoms with Gasteiger partial charge in [-0.05, 0) is 58.5 Å². The van der Waals surface area contributed by atoms with Gasteiger partial charge in [-0.1, -0.05) is 43.5 Å². The fourth-order valence-electron chi connectivity index (χ4n) is 1.33. The average molecular weight is 492 g/mol. The Morgan fingerprint density at radius 2 is 2.00 bits per heavy atom. The van der Waals surface area contributed by atoms with E-state index in [1.165, 1.54) is 14.0 Å². The third-order valence-corrected chi connectivity index (χ3v) is 6.14. The monoisotopic (exact) mass is 490 g/mol. The maximum atomic E-state index is 5.95. The fourth-order valence-corrected chi connectivity index (χ4v) is 4.65. The molecule has 1 unspecified atom stereocenters. The molecule has 0 radical (unpaired) electrons. The predicted octanol–water partition coefficient (Wildman–Crippen LogP) is 6.25. The Kier molecular flexibility index (Phi) is 4.74. The molecule has 0 aliphatic carbocycles. The van der Waals surface area contributed by atoms with Crippen LogP contribution in [0.15, 0.2) is 34.8 Å². The highest BCUT2D eigenvalue weighted by Gasteiger charge is 2.15. The maximum absolute atomic E-state index is 5.95. The molecule has 1 heterocycles. The minimum absolute atomic E-state index is 0.203. The lowest BCUT2D eigenvalue weighted by atomic mass is 10.1. The number of thiophene rings is 1. The zero-order chi connectivity index (χ0) is 11.7. The van der Waals surface area contributed by atoms with Crippen LogP contribution in [-0.4, -0.2) is 0 Å². The van der Waals surface area contributed by atoms with Gasteiger partial charge in [0.2, 0.25) is 0 Å². The molecule has 0 saturated heterocycles. The first-order chi connectivity index (χ1) is 7.58. The zero-order valence-corrected chi connectivity index (χ0v) is 14.8. The van der Waals surface area contributed by atoms with Crippen molar-refractivity contribution in [1.82, 2.24) is 0 Å². The molecule has 0 N–H and O–H groups in total. The third kappa shape index (κ3) is 3.02. The van der Waals surface area contributed by atoms with Crippen LogP contribution >= 0.6 is 77.4 Å². The highest BCUT2D eigenvalue weighted by Crippen LogP contribution is 2.39. The van der Waals surface area contributed by atoms with Crippen LogP contribution in [0.3, 0.4) is 0 Å². The minimum atomic E-state index is 0.203. The standard InChI is InChI=1S/C11H6Br2ClIS/c12-6-1-2-8(15)7(5-6)11(13)9-3-4-10(14)16-9/h1-5,11H. The van der Waals surface area contributed by atoms with E-state index in [1.54, 1.807) is 11.3 Å². The van der Waals surface area contributed by atoms with Crippen molar-refractivity contribution in [3.63, 3.8) is 0 Å². The Labute approximate surface area is 134 Å². The van der Waals surface area contributed by atoms with Crippen LogP contribution in [0.5, 0.6) is 0 Å². The summed E-state index contributed by atoms with van der Waals surface area (Å²) in [7, 11) is 0. The van der Waals surface area contributed by atoms with Crippen LogP contribution in [0, 0.1) is 3.57 Å². The molecule has 0 saturated carbocycles. The lowest BCUT2D eigenvalue weighted by Gasteiger charge is -2.10. The van der Waals surface area contributed by atoms with E-state index in [9.17, 15) is 0 Å². The van der Waals surface area contributed by atoms with Gasteiger partial charge in [-0.3, -0.25) is 0 Å². The summed E-state index contributed by atoms with van der Waals surface area (Å²) in [4.78, 5) is 1.43. The van der Waals surface area contributed by atoms with Crippen molar-refractivity contribution in [2.45, 2.75) is 4.83 Å². The highest BCUT2D eigenvalue weighted by molar-refractivity contribution is 14.1. The van der Waals surface area contributed by atoms with Crippen molar-refractivity contribution in [2.75, 3.05) is 0 Å². The second-order valence-electron chi connectivity index (χ2n) is 3.17. The molecule has 0 nitrogen and oxygen atoms in total. The van der Waals surface area contributed by atoms with Crippen LogP contribution in [0.4, 0.5) is 0 Å². The van der Waals surface area contributed by atoms with Gasteiger partial charge in [0, 0.05) is 12.9 Å². The fraction of sp³-hybridized carbons (Fsp3) is 0.0909. The molecule has 16 heavy (non-hydrogen) atoms. The van der Waals surface area contributed by atoms with Gasteiger partial charge in [0.15, 0.2) is 0 Å². The molecule has 84 valence electrons. The number of benzene rings is 1. The molecule has 0 spiro atoms. The van der Waals surface area contributed by atoms with Crippen molar-refractivity contribution in [3.8, 4) is 0 Å². The number of hydrogen-bond acceptors (Lipinski definition) is 1. The highest BCUT2D eigenvalue weighted by atomic mass is 127. The van der Waals surface area contributed by atoms with Crippen LogP contribution in [0.2, 0.25) is 4.34 Å². The molecule has 1 aromatic carbocycles. The molecular weight excluding hydrogens is 486 g/mol. The Balaban J connectivity index is 2.40. The Bertz CT molecular complexity index is 512. The summed E-state index contributed by atoms with van der Waals surface area (Å²) in [6.45, 7) is 0. The molecule has 1 atom stereocenters. The lowest BCUT2D eigenvalue weighted by Crippen LogP contribution is -1.93. The summed E-state index contributed by atoms with van der Waals surface area (Å²) in [5.74, 6) is 0.